The largest absolute Gasteiger partial charge is 0.494 e. The summed E-state index contributed by atoms with van der Waals surface area (Å²) < 4.78 is 10.3. The molecule has 3 rings (SSSR count). The van der Waals surface area contributed by atoms with Gasteiger partial charge in [0.15, 0.2) is 5.11 Å². The Hall–Kier alpha value is -3.17. The lowest BCUT2D eigenvalue weighted by atomic mass is 10.1. The number of thiocarbonyl (C=S) groups is 1. The van der Waals surface area contributed by atoms with E-state index in [9.17, 15) is 14.4 Å². The van der Waals surface area contributed by atoms with Gasteiger partial charge in [-0.15, -0.1) is 0 Å². The standard InChI is InChI=1S/C23H24ClN3O5S/c1-3-12-32-18-10-6-16(7-11-18)25-20(28)13-19-22(30)27(17-8-4-15(24)5-9-17)23(33)26(19)14-21(29)31-2/h4-11,19H,3,12-14H2,1-2H3,(H,25,28). The summed E-state index contributed by atoms with van der Waals surface area (Å²) in [6, 6.07) is 12.5. The number of amides is 2. The number of carbonyl (C=O) groups excluding carboxylic acids is 3. The highest BCUT2D eigenvalue weighted by atomic mass is 35.5. The first-order chi connectivity index (χ1) is 15.8. The molecular formula is C23H24ClN3O5S. The number of anilines is 2. The zero-order valence-electron chi connectivity index (χ0n) is 18.2. The molecule has 1 aliphatic rings. The zero-order chi connectivity index (χ0) is 24.0. The Labute approximate surface area is 202 Å². The summed E-state index contributed by atoms with van der Waals surface area (Å²) in [6.07, 6.45) is 0.693. The maximum atomic E-state index is 13.2. The summed E-state index contributed by atoms with van der Waals surface area (Å²) in [4.78, 5) is 40.6. The fraction of sp³-hybridized carbons (Fsp3) is 0.304. The first-order valence-corrected chi connectivity index (χ1v) is 11.1. The molecule has 174 valence electrons. The summed E-state index contributed by atoms with van der Waals surface area (Å²) in [5.41, 5.74) is 1.06. The van der Waals surface area contributed by atoms with Crippen molar-refractivity contribution in [3.05, 3.63) is 53.6 Å². The van der Waals surface area contributed by atoms with E-state index in [1.54, 1.807) is 48.5 Å². The molecule has 1 heterocycles. The number of nitrogens with one attached hydrogen (secondary N) is 1. The summed E-state index contributed by atoms with van der Waals surface area (Å²) in [7, 11) is 1.25. The molecule has 0 bridgehead atoms. The van der Waals surface area contributed by atoms with Crippen molar-refractivity contribution in [3.63, 3.8) is 0 Å². The number of hydrogen-bond donors (Lipinski definition) is 1. The number of nitrogens with zero attached hydrogens (tertiary/aromatic N) is 2. The number of carbonyl (C=O) groups is 3. The third-order valence-electron chi connectivity index (χ3n) is 4.92. The molecule has 0 spiro atoms. The molecule has 33 heavy (non-hydrogen) atoms. The van der Waals surface area contributed by atoms with Gasteiger partial charge in [-0.1, -0.05) is 18.5 Å². The lowest BCUT2D eigenvalue weighted by molar-refractivity contribution is -0.141. The molecule has 2 aromatic carbocycles. The Morgan fingerprint density at radius 3 is 2.39 bits per heavy atom. The highest BCUT2D eigenvalue weighted by Crippen LogP contribution is 2.28. The second-order valence-corrected chi connectivity index (χ2v) is 8.08. The Balaban J connectivity index is 1.75. The van der Waals surface area contributed by atoms with E-state index in [1.165, 1.54) is 16.9 Å². The molecule has 8 nitrogen and oxygen atoms in total. The van der Waals surface area contributed by atoms with E-state index in [-0.39, 0.29) is 18.1 Å². The van der Waals surface area contributed by atoms with Gasteiger partial charge in [-0.25, -0.2) is 0 Å². The molecule has 1 N–H and O–H groups in total. The van der Waals surface area contributed by atoms with E-state index in [1.807, 2.05) is 6.92 Å². The van der Waals surface area contributed by atoms with Gasteiger partial charge in [-0.2, -0.15) is 0 Å². The van der Waals surface area contributed by atoms with Crippen molar-refractivity contribution in [2.75, 3.05) is 30.5 Å². The van der Waals surface area contributed by atoms with E-state index in [2.05, 4.69) is 5.32 Å². The van der Waals surface area contributed by atoms with Gasteiger partial charge in [-0.3, -0.25) is 19.3 Å². The number of ether oxygens (including phenoxy) is 2. The average Bonchev–Trinajstić information content (AvgIpc) is 3.03. The van der Waals surface area contributed by atoms with Crippen LogP contribution >= 0.6 is 23.8 Å². The topological polar surface area (TPSA) is 88.2 Å². The van der Waals surface area contributed by atoms with E-state index in [0.29, 0.717) is 28.8 Å². The predicted octanol–water partition coefficient (Wildman–Crippen LogP) is 3.63. The molecule has 2 amide bonds. The Bertz CT molecular complexity index is 1030. The number of methoxy groups -OCH3 is 1. The van der Waals surface area contributed by atoms with Crippen LogP contribution in [0.3, 0.4) is 0 Å². The van der Waals surface area contributed by atoms with Crippen molar-refractivity contribution < 1.29 is 23.9 Å². The van der Waals surface area contributed by atoms with E-state index in [0.717, 1.165) is 6.42 Å². The molecule has 10 heteroatoms. The van der Waals surface area contributed by atoms with Gasteiger partial charge in [0.05, 0.1) is 25.8 Å². The van der Waals surface area contributed by atoms with Crippen LogP contribution in [0.2, 0.25) is 5.02 Å². The van der Waals surface area contributed by atoms with Gasteiger partial charge < -0.3 is 19.7 Å². The van der Waals surface area contributed by atoms with Crippen molar-refractivity contribution in [1.29, 1.82) is 0 Å². The highest BCUT2D eigenvalue weighted by molar-refractivity contribution is 7.80. The molecule has 1 aliphatic heterocycles. The lowest BCUT2D eigenvalue weighted by Crippen LogP contribution is -2.41. The Morgan fingerprint density at radius 1 is 1.12 bits per heavy atom. The van der Waals surface area contributed by atoms with Crippen LogP contribution in [0, 0.1) is 0 Å². The Kier molecular flexibility index (Phi) is 8.24. The third kappa shape index (κ3) is 6.00. The van der Waals surface area contributed by atoms with Gasteiger partial charge in [0, 0.05) is 10.7 Å². The molecule has 1 saturated heterocycles. The summed E-state index contributed by atoms with van der Waals surface area (Å²) >= 11 is 11.4. The van der Waals surface area contributed by atoms with Crippen molar-refractivity contribution in [2.24, 2.45) is 0 Å². The van der Waals surface area contributed by atoms with E-state index in [4.69, 9.17) is 33.3 Å². The molecule has 1 atom stereocenters. The van der Waals surface area contributed by atoms with Crippen LogP contribution in [-0.4, -0.2) is 54.1 Å². The van der Waals surface area contributed by atoms with Crippen LogP contribution in [0.25, 0.3) is 0 Å². The van der Waals surface area contributed by atoms with Crippen LogP contribution < -0.4 is 15.0 Å². The average molecular weight is 490 g/mol. The van der Waals surface area contributed by atoms with Crippen molar-refractivity contribution in [1.82, 2.24) is 4.90 Å². The minimum Gasteiger partial charge on any atom is -0.494 e. The van der Waals surface area contributed by atoms with Crippen LogP contribution in [0.4, 0.5) is 11.4 Å². The van der Waals surface area contributed by atoms with Gasteiger partial charge in [0.25, 0.3) is 5.91 Å². The number of benzene rings is 2. The molecule has 0 aliphatic carbocycles. The SMILES string of the molecule is CCCOc1ccc(NC(=O)CC2C(=O)N(c3ccc(Cl)cc3)C(=S)N2CC(=O)OC)cc1. The smallest absolute Gasteiger partial charge is 0.325 e. The molecule has 2 aromatic rings. The van der Waals surface area contributed by atoms with Gasteiger partial charge in [0.2, 0.25) is 5.91 Å². The molecule has 0 radical (unpaired) electrons. The van der Waals surface area contributed by atoms with Gasteiger partial charge in [-0.05, 0) is 67.2 Å². The number of esters is 1. The second kappa shape index (κ2) is 11.1. The zero-order valence-corrected chi connectivity index (χ0v) is 19.8. The van der Waals surface area contributed by atoms with E-state index >= 15 is 0 Å². The molecule has 1 fully saturated rings. The fourth-order valence-electron chi connectivity index (χ4n) is 3.29. The quantitative estimate of drug-likeness (QED) is 0.425. The van der Waals surface area contributed by atoms with E-state index < -0.39 is 23.8 Å². The lowest BCUT2D eigenvalue weighted by Gasteiger charge is -2.22. The molecule has 0 aromatic heterocycles. The fourth-order valence-corrected chi connectivity index (χ4v) is 3.80. The summed E-state index contributed by atoms with van der Waals surface area (Å²) in [5, 5.41) is 3.39. The Morgan fingerprint density at radius 2 is 1.79 bits per heavy atom. The van der Waals surface area contributed by atoms with Crippen LogP contribution in [0.15, 0.2) is 48.5 Å². The number of rotatable bonds is 9. The minimum atomic E-state index is -0.959. The van der Waals surface area contributed by atoms with Crippen LogP contribution in [0.5, 0.6) is 5.75 Å². The number of halogens is 1. The third-order valence-corrected chi connectivity index (χ3v) is 5.59. The van der Waals surface area contributed by atoms with Crippen LogP contribution in [-0.2, 0) is 19.1 Å². The van der Waals surface area contributed by atoms with Crippen LogP contribution in [0.1, 0.15) is 19.8 Å². The van der Waals surface area contributed by atoms with Gasteiger partial charge >= 0.3 is 5.97 Å². The minimum absolute atomic E-state index is 0.114. The molecular weight excluding hydrogens is 466 g/mol. The maximum Gasteiger partial charge on any atom is 0.325 e. The van der Waals surface area contributed by atoms with Crippen molar-refractivity contribution in [3.8, 4) is 5.75 Å². The highest BCUT2D eigenvalue weighted by Gasteiger charge is 2.45. The molecule has 1 unspecified atom stereocenters. The van der Waals surface area contributed by atoms with Gasteiger partial charge in [0.1, 0.15) is 18.3 Å². The normalized spacial score (nSPS) is 15.5. The first-order valence-electron chi connectivity index (χ1n) is 10.3. The van der Waals surface area contributed by atoms with Crippen molar-refractivity contribution >= 4 is 58.1 Å². The summed E-state index contributed by atoms with van der Waals surface area (Å²) in [6.45, 7) is 2.37. The first kappa shape index (κ1) is 24.5. The molecule has 0 saturated carbocycles. The predicted molar refractivity (Wildman–Crippen MR) is 130 cm³/mol. The monoisotopic (exact) mass is 489 g/mol. The second-order valence-electron chi connectivity index (χ2n) is 7.28. The maximum absolute atomic E-state index is 13.2. The van der Waals surface area contributed by atoms with Crippen molar-refractivity contribution in [2.45, 2.75) is 25.8 Å². The summed E-state index contributed by atoms with van der Waals surface area (Å²) in [5.74, 6) is -0.680. The number of hydrogen-bond acceptors (Lipinski definition) is 6.